The average Bonchev–Trinajstić information content (AvgIpc) is 3.67. The molecule has 0 radical (unpaired) electrons. The normalized spacial score (nSPS) is 14.2. The van der Waals surface area contributed by atoms with Crippen molar-refractivity contribution in [2.75, 3.05) is 6.54 Å². The number of hydrogen-bond acceptors (Lipinski definition) is 11. The van der Waals surface area contributed by atoms with Crippen LogP contribution < -0.4 is 49.1 Å². The molecule has 0 aliphatic carbocycles. The lowest BCUT2D eigenvalue weighted by atomic mass is 10.0. The van der Waals surface area contributed by atoms with Crippen LogP contribution in [0.2, 0.25) is 0 Å². The predicted octanol–water partition coefficient (Wildman–Crippen LogP) is -1.02. The Hall–Kier alpha value is -7.56. The number of aromatic amines is 1. The Morgan fingerprint density at radius 1 is 0.618 bits per heavy atom. The summed E-state index contributed by atoms with van der Waals surface area (Å²) in [6, 6.07) is 4.99. The molecule has 0 saturated heterocycles. The van der Waals surface area contributed by atoms with Gasteiger partial charge in [-0.3, -0.25) is 43.3 Å². The number of fused-ring (bicyclic) bond motifs is 1. The number of aliphatic carboxylic acids is 3. The Morgan fingerprint density at radius 2 is 1.13 bits per heavy atom. The first kappa shape index (κ1) is 54.8. The van der Waals surface area contributed by atoms with Crippen molar-refractivity contribution in [3.63, 3.8) is 0 Å². The van der Waals surface area contributed by atoms with Crippen LogP contribution in [0.3, 0.4) is 0 Å². The molecule has 1 heterocycles. The van der Waals surface area contributed by atoms with Crippen molar-refractivity contribution in [2.24, 2.45) is 34.0 Å². The minimum Gasteiger partial charge on any atom is -0.481 e. The quantitative estimate of drug-likeness (QED) is 0.0235. The summed E-state index contributed by atoms with van der Waals surface area (Å²) in [7, 11) is 0. The maximum absolute atomic E-state index is 14.0. The number of amides is 6. The van der Waals surface area contributed by atoms with E-state index in [1.54, 1.807) is 60.8 Å². The van der Waals surface area contributed by atoms with Crippen molar-refractivity contribution in [1.29, 1.82) is 0 Å². The molecule has 1 aromatic heterocycles. The molecule has 23 nitrogen and oxygen atoms in total. The van der Waals surface area contributed by atoms with Crippen LogP contribution in [-0.4, -0.2) is 128 Å². The second-order valence-electron chi connectivity index (χ2n) is 17.0. The van der Waals surface area contributed by atoms with Gasteiger partial charge in [-0.05, 0) is 48.3 Å². The molecule has 23 heteroatoms. The van der Waals surface area contributed by atoms with E-state index in [2.05, 4.69) is 41.9 Å². The van der Waals surface area contributed by atoms with Gasteiger partial charge in [0.25, 0.3) is 0 Å². The number of carboxylic acid groups (broad SMARTS) is 3. The summed E-state index contributed by atoms with van der Waals surface area (Å²) in [5, 5.41) is 44.6. The third kappa shape index (κ3) is 18.0. The minimum atomic E-state index is -1.88. The molecule has 6 amide bonds. The molecule has 370 valence electrons. The van der Waals surface area contributed by atoms with Crippen LogP contribution in [0.25, 0.3) is 10.9 Å². The highest BCUT2D eigenvalue weighted by molar-refractivity contribution is 5.99. The zero-order valence-electron chi connectivity index (χ0n) is 38.3. The Balaban J connectivity index is 1.89. The molecule has 0 spiro atoms. The van der Waals surface area contributed by atoms with Crippen molar-refractivity contribution in [2.45, 2.75) is 115 Å². The summed E-state index contributed by atoms with van der Waals surface area (Å²) in [6.45, 7) is 6.71. The first-order chi connectivity index (χ1) is 32.1. The second-order valence-corrected chi connectivity index (χ2v) is 17.0. The number of nitrogens with one attached hydrogen (secondary N) is 7. The molecule has 7 atom stereocenters. The Morgan fingerprint density at radius 3 is 1.69 bits per heavy atom. The van der Waals surface area contributed by atoms with Gasteiger partial charge in [0, 0.05) is 36.5 Å². The van der Waals surface area contributed by atoms with Crippen LogP contribution in [0.4, 0.5) is 0 Å². The molecule has 0 aliphatic rings. The molecule has 68 heavy (non-hydrogen) atoms. The number of H-pyrrole nitrogens is 1. The third-order valence-corrected chi connectivity index (χ3v) is 10.5. The number of nitrogens with zero attached hydrogens (tertiary/aromatic N) is 1. The van der Waals surface area contributed by atoms with Crippen molar-refractivity contribution in [3.05, 3.63) is 71.9 Å². The van der Waals surface area contributed by atoms with Gasteiger partial charge in [0.15, 0.2) is 5.96 Å². The van der Waals surface area contributed by atoms with Crippen LogP contribution in [0.1, 0.15) is 70.9 Å². The summed E-state index contributed by atoms with van der Waals surface area (Å²) in [5.41, 5.74) is 18.9. The fourth-order valence-electron chi connectivity index (χ4n) is 7.08. The number of benzene rings is 2. The van der Waals surface area contributed by atoms with E-state index in [-0.39, 0.29) is 50.5 Å². The van der Waals surface area contributed by atoms with Gasteiger partial charge >= 0.3 is 17.9 Å². The van der Waals surface area contributed by atoms with Crippen LogP contribution in [0.15, 0.2) is 65.8 Å². The Labute approximate surface area is 392 Å². The molecule has 0 aliphatic heterocycles. The summed E-state index contributed by atoms with van der Waals surface area (Å²) < 4.78 is 0. The number of aromatic nitrogens is 1. The molecule has 0 fully saturated rings. The first-order valence-electron chi connectivity index (χ1n) is 21.9. The molecule has 3 rings (SSSR count). The van der Waals surface area contributed by atoms with Crippen LogP contribution in [0.5, 0.6) is 0 Å². The van der Waals surface area contributed by atoms with Crippen molar-refractivity contribution >= 4 is 70.2 Å². The van der Waals surface area contributed by atoms with Gasteiger partial charge in [-0.1, -0.05) is 76.2 Å². The Bertz CT molecular complexity index is 2280. The van der Waals surface area contributed by atoms with E-state index >= 15 is 0 Å². The van der Waals surface area contributed by atoms with Gasteiger partial charge in [-0.15, -0.1) is 0 Å². The standard InChI is InChI=1S/C45H63N11O12/c1-23(2)17-28(46)38(61)52-31(19-26-22-50-29-14-9-8-13-27(26)29)40(63)54-32(20-35(57)58)41(64)51-30(15-10-16-49-45(47)48)39(62)53-33(21-36(59)60)42(65)56-37(24(3)4)43(66)55-34(44(67)68)18-25-11-6-5-7-12-25/h5-9,11-14,22-24,28,30-34,37,50H,10,15-21,46H2,1-4H3,(H,51,64)(H,52,61)(H,53,62)(H,54,63)(H,55,66)(H,56,65)(H,57,58)(H,59,60)(H,67,68)(H4,47,48,49)/t28-,30-,31-,32-,33-,34-,37-/m0/s1. The topological polar surface area (TPSA) is 393 Å². The van der Waals surface area contributed by atoms with Gasteiger partial charge in [-0.25, -0.2) is 4.79 Å². The van der Waals surface area contributed by atoms with Crippen molar-refractivity contribution in [3.8, 4) is 0 Å². The zero-order valence-corrected chi connectivity index (χ0v) is 38.3. The fraction of sp³-hybridized carbons (Fsp3) is 0.467. The van der Waals surface area contributed by atoms with Crippen molar-refractivity contribution in [1.82, 2.24) is 36.9 Å². The largest absolute Gasteiger partial charge is 0.481 e. The zero-order chi connectivity index (χ0) is 50.7. The van der Waals surface area contributed by atoms with Crippen LogP contribution in [-0.2, 0) is 56.0 Å². The van der Waals surface area contributed by atoms with Gasteiger partial charge in [0.1, 0.15) is 36.3 Å². The van der Waals surface area contributed by atoms with Gasteiger partial charge < -0.3 is 69.4 Å². The number of nitrogens with two attached hydrogens (primary N) is 3. The smallest absolute Gasteiger partial charge is 0.326 e. The van der Waals surface area contributed by atoms with E-state index in [4.69, 9.17) is 17.2 Å². The van der Waals surface area contributed by atoms with Gasteiger partial charge in [-0.2, -0.15) is 0 Å². The lowest BCUT2D eigenvalue weighted by molar-refractivity contribution is -0.143. The van der Waals surface area contributed by atoms with E-state index < -0.39 is 114 Å². The number of guanidine groups is 1. The number of hydrogen-bond donors (Lipinski definition) is 13. The molecule has 16 N–H and O–H groups in total. The molecular formula is C45H63N11O12. The van der Waals surface area contributed by atoms with E-state index in [0.29, 0.717) is 11.1 Å². The maximum atomic E-state index is 14.0. The summed E-state index contributed by atoms with van der Waals surface area (Å²) >= 11 is 0. The lowest BCUT2D eigenvalue weighted by Gasteiger charge is -2.28. The second kappa shape index (κ2) is 26.6. The summed E-state index contributed by atoms with van der Waals surface area (Å²) in [5.74, 6) is -11.4. The number of para-hydroxylation sites is 1. The van der Waals surface area contributed by atoms with E-state index in [1.807, 2.05) is 13.8 Å². The van der Waals surface area contributed by atoms with Crippen LogP contribution in [0, 0.1) is 11.8 Å². The number of aliphatic imine (C=N–C) groups is 1. The summed E-state index contributed by atoms with van der Waals surface area (Å²) in [6.07, 6.45) is -0.602. The highest BCUT2D eigenvalue weighted by Crippen LogP contribution is 2.20. The molecule has 0 unspecified atom stereocenters. The highest BCUT2D eigenvalue weighted by Gasteiger charge is 2.36. The lowest BCUT2D eigenvalue weighted by Crippen LogP contribution is -2.61. The number of carboxylic acids is 3. The number of rotatable bonds is 28. The number of carbonyl (C=O) groups is 9. The summed E-state index contributed by atoms with van der Waals surface area (Å²) in [4.78, 5) is 126. The molecule has 3 aromatic rings. The van der Waals surface area contributed by atoms with E-state index in [1.165, 1.54) is 13.8 Å². The average molecular weight is 950 g/mol. The highest BCUT2D eigenvalue weighted by atomic mass is 16.4. The predicted molar refractivity (Wildman–Crippen MR) is 248 cm³/mol. The number of carbonyl (C=O) groups excluding carboxylic acids is 6. The SMILES string of the molecule is CC(C)C[C@H](N)C(=O)N[C@@H](Cc1c[nH]c2ccccc12)C(=O)N[C@@H](CC(=O)O)C(=O)N[C@@H](CCCN=C(N)N)C(=O)N[C@@H](CC(=O)O)C(=O)N[C@H](C(=O)N[C@@H](Cc1ccccc1)C(=O)O)C(C)C. The molecular weight excluding hydrogens is 887 g/mol. The first-order valence-corrected chi connectivity index (χ1v) is 21.9. The van der Waals surface area contributed by atoms with Gasteiger partial charge in [0.05, 0.1) is 18.9 Å². The third-order valence-electron chi connectivity index (χ3n) is 10.5. The maximum Gasteiger partial charge on any atom is 0.326 e. The minimum absolute atomic E-state index is 0.000691. The molecule has 0 saturated carbocycles. The van der Waals surface area contributed by atoms with Gasteiger partial charge in [0.2, 0.25) is 35.4 Å². The van der Waals surface area contributed by atoms with E-state index in [0.717, 1.165) is 10.9 Å². The molecule has 2 aromatic carbocycles. The van der Waals surface area contributed by atoms with E-state index in [9.17, 15) is 58.5 Å². The fourth-order valence-corrected chi connectivity index (χ4v) is 7.08. The molecule has 0 bridgehead atoms. The Kier molecular flexibility index (Phi) is 21.4. The van der Waals surface area contributed by atoms with Crippen LogP contribution >= 0.6 is 0 Å². The van der Waals surface area contributed by atoms with Crippen molar-refractivity contribution < 1.29 is 58.5 Å². The monoisotopic (exact) mass is 949 g/mol.